The fourth-order valence-electron chi connectivity index (χ4n) is 4.70. The van der Waals surface area contributed by atoms with Crippen LogP contribution in [0.15, 0.2) is 22.8 Å². The van der Waals surface area contributed by atoms with E-state index < -0.39 is 7.14 Å². The SMILES string of the molecule is O=P(C1=CCCCCC1)(C1=CCCCCC1)C1CCCCC1. The fraction of sp³-hybridized carbons (Fsp3) is 0.800. The molecular formula is C20H33OP. The van der Waals surface area contributed by atoms with Gasteiger partial charge in [-0.15, -0.1) is 0 Å². The first-order valence-corrected chi connectivity index (χ1v) is 11.6. The molecule has 0 N–H and O–H groups in total. The van der Waals surface area contributed by atoms with Crippen LogP contribution >= 0.6 is 7.14 Å². The van der Waals surface area contributed by atoms with Gasteiger partial charge < -0.3 is 4.57 Å². The molecule has 0 aromatic carbocycles. The van der Waals surface area contributed by atoms with Gasteiger partial charge in [0.1, 0.15) is 7.14 Å². The molecule has 0 radical (unpaired) electrons. The highest BCUT2D eigenvalue weighted by molar-refractivity contribution is 7.72. The van der Waals surface area contributed by atoms with E-state index in [0.717, 1.165) is 12.8 Å². The monoisotopic (exact) mass is 320 g/mol. The number of allylic oxidation sites excluding steroid dienone is 4. The van der Waals surface area contributed by atoms with Crippen LogP contribution < -0.4 is 0 Å². The molecule has 3 rings (SSSR count). The normalized spacial score (nSPS) is 25.8. The Morgan fingerprint density at radius 2 is 1.18 bits per heavy atom. The van der Waals surface area contributed by atoms with E-state index in [1.807, 2.05) is 0 Å². The first-order chi connectivity index (χ1) is 10.8. The van der Waals surface area contributed by atoms with Crippen molar-refractivity contribution in [2.24, 2.45) is 0 Å². The van der Waals surface area contributed by atoms with Crippen LogP contribution in [0.2, 0.25) is 0 Å². The average molecular weight is 320 g/mol. The lowest BCUT2D eigenvalue weighted by Crippen LogP contribution is -2.16. The lowest BCUT2D eigenvalue weighted by atomic mass is 10.0. The summed E-state index contributed by atoms with van der Waals surface area (Å²) in [5, 5.41) is 2.79. The van der Waals surface area contributed by atoms with Crippen LogP contribution in [0.4, 0.5) is 0 Å². The van der Waals surface area contributed by atoms with E-state index >= 15 is 0 Å². The summed E-state index contributed by atoms with van der Waals surface area (Å²) >= 11 is 0. The Morgan fingerprint density at radius 1 is 0.682 bits per heavy atom. The molecule has 22 heavy (non-hydrogen) atoms. The molecular weight excluding hydrogens is 287 g/mol. The first kappa shape index (κ1) is 16.6. The average Bonchev–Trinajstić information content (AvgIpc) is 3.00. The second-order valence-electron chi connectivity index (χ2n) is 7.54. The summed E-state index contributed by atoms with van der Waals surface area (Å²) in [7, 11) is -2.28. The quantitative estimate of drug-likeness (QED) is 0.496. The van der Waals surface area contributed by atoms with Crippen LogP contribution in [0, 0.1) is 0 Å². The number of hydrogen-bond acceptors (Lipinski definition) is 1. The molecule has 3 aliphatic carbocycles. The van der Waals surface area contributed by atoms with Crippen molar-refractivity contribution >= 4 is 7.14 Å². The number of hydrogen-bond donors (Lipinski definition) is 0. The largest absolute Gasteiger partial charge is 0.314 e. The third-order valence-corrected chi connectivity index (χ3v) is 10.0. The van der Waals surface area contributed by atoms with Crippen molar-refractivity contribution in [1.82, 2.24) is 0 Å². The van der Waals surface area contributed by atoms with E-state index in [-0.39, 0.29) is 0 Å². The van der Waals surface area contributed by atoms with E-state index in [1.165, 1.54) is 94.1 Å². The third-order valence-electron chi connectivity index (χ3n) is 5.98. The van der Waals surface area contributed by atoms with Gasteiger partial charge in [-0.25, -0.2) is 0 Å². The number of rotatable bonds is 3. The van der Waals surface area contributed by atoms with Crippen molar-refractivity contribution in [2.45, 2.75) is 102 Å². The highest BCUT2D eigenvalue weighted by Gasteiger charge is 2.39. The molecule has 0 saturated heterocycles. The van der Waals surface area contributed by atoms with Crippen molar-refractivity contribution in [3.63, 3.8) is 0 Å². The van der Waals surface area contributed by atoms with Crippen LogP contribution in [0.1, 0.15) is 96.3 Å². The molecule has 0 bridgehead atoms. The molecule has 124 valence electrons. The minimum Gasteiger partial charge on any atom is -0.314 e. The van der Waals surface area contributed by atoms with Gasteiger partial charge >= 0.3 is 0 Å². The molecule has 2 heteroatoms. The first-order valence-electron chi connectivity index (χ1n) is 9.81. The van der Waals surface area contributed by atoms with Crippen molar-refractivity contribution in [1.29, 1.82) is 0 Å². The van der Waals surface area contributed by atoms with Gasteiger partial charge in [0.05, 0.1) is 0 Å². The lowest BCUT2D eigenvalue weighted by Gasteiger charge is -2.34. The minimum absolute atomic E-state index is 0.481. The maximum Gasteiger partial charge on any atom is 0.137 e. The Bertz CT molecular complexity index is 436. The maximum atomic E-state index is 14.4. The van der Waals surface area contributed by atoms with Gasteiger partial charge in [0.25, 0.3) is 0 Å². The summed E-state index contributed by atoms with van der Waals surface area (Å²) in [5.74, 6) is 0. The van der Waals surface area contributed by atoms with Gasteiger partial charge in [-0.2, -0.15) is 0 Å². The molecule has 0 heterocycles. The van der Waals surface area contributed by atoms with Gasteiger partial charge in [-0.05, 0) is 74.8 Å². The van der Waals surface area contributed by atoms with Crippen LogP contribution in [0.3, 0.4) is 0 Å². The van der Waals surface area contributed by atoms with E-state index in [9.17, 15) is 4.57 Å². The zero-order valence-electron chi connectivity index (χ0n) is 14.2. The minimum atomic E-state index is -2.28. The second-order valence-corrected chi connectivity index (χ2v) is 10.7. The van der Waals surface area contributed by atoms with E-state index in [2.05, 4.69) is 12.2 Å². The van der Waals surface area contributed by atoms with Crippen molar-refractivity contribution in [3.8, 4) is 0 Å². The molecule has 3 aliphatic rings. The highest BCUT2D eigenvalue weighted by atomic mass is 31.2. The molecule has 0 aromatic heterocycles. The Balaban J connectivity index is 1.94. The summed E-state index contributed by atoms with van der Waals surface area (Å²) in [6, 6.07) is 0. The predicted molar refractivity (Wildman–Crippen MR) is 96.8 cm³/mol. The van der Waals surface area contributed by atoms with E-state index in [1.54, 1.807) is 0 Å². The van der Waals surface area contributed by atoms with Crippen LogP contribution in [0.25, 0.3) is 0 Å². The zero-order valence-corrected chi connectivity index (χ0v) is 15.1. The Morgan fingerprint density at radius 3 is 1.73 bits per heavy atom. The van der Waals surface area contributed by atoms with Gasteiger partial charge in [-0.1, -0.05) is 44.3 Å². The summed E-state index contributed by atoms with van der Waals surface area (Å²) in [6.07, 6.45) is 23.5. The van der Waals surface area contributed by atoms with Crippen molar-refractivity contribution < 1.29 is 4.57 Å². The molecule has 0 atom stereocenters. The molecule has 0 spiro atoms. The summed E-state index contributed by atoms with van der Waals surface area (Å²) < 4.78 is 14.4. The van der Waals surface area contributed by atoms with Gasteiger partial charge in [0.2, 0.25) is 0 Å². The van der Waals surface area contributed by atoms with Gasteiger partial charge in [0.15, 0.2) is 0 Å². The Hall–Kier alpha value is -0.290. The molecule has 0 amide bonds. The molecule has 0 unspecified atom stereocenters. The summed E-state index contributed by atoms with van der Waals surface area (Å²) in [6.45, 7) is 0. The van der Waals surface area contributed by atoms with Gasteiger partial charge in [0, 0.05) is 5.66 Å². The zero-order chi connectivity index (χ0) is 15.3. The van der Waals surface area contributed by atoms with Crippen LogP contribution in [0.5, 0.6) is 0 Å². The molecule has 1 nitrogen and oxygen atoms in total. The smallest absolute Gasteiger partial charge is 0.137 e. The van der Waals surface area contributed by atoms with Crippen LogP contribution in [-0.4, -0.2) is 5.66 Å². The Kier molecular flexibility index (Phi) is 6.02. The van der Waals surface area contributed by atoms with E-state index in [0.29, 0.717) is 5.66 Å². The lowest BCUT2D eigenvalue weighted by molar-refractivity contribution is 0.485. The van der Waals surface area contributed by atoms with Crippen molar-refractivity contribution in [3.05, 3.63) is 22.8 Å². The molecule has 0 aromatic rings. The third kappa shape index (κ3) is 3.61. The summed E-state index contributed by atoms with van der Waals surface area (Å²) in [4.78, 5) is 0. The topological polar surface area (TPSA) is 17.1 Å². The molecule has 0 aliphatic heterocycles. The standard InChI is InChI=1S/C20H33OP/c21-22(20-16-10-5-11-17-20,18-12-6-1-2-7-13-18)19-14-8-3-4-9-15-19/h12,14,20H,1-11,13,15-17H2. The predicted octanol–water partition coefficient (Wildman–Crippen LogP) is 7.38. The van der Waals surface area contributed by atoms with Crippen molar-refractivity contribution in [2.75, 3.05) is 0 Å². The molecule has 1 fully saturated rings. The highest BCUT2D eigenvalue weighted by Crippen LogP contribution is 2.70. The fourth-order valence-corrected chi connectivity index (χ4v) is 8.88. The van der Waals surface area contributed by atoms with Crippen LogP contribution in [-0.2, 0) is 4.57 Å². The van der Waals surface area contributed by atoms with E-state index in [4.69, 9.17) is 0 Å². The summed E-state index contributed by atoms with van der Waals surface area (Å²) in [5.41, 5.74) is 0.481. The van der Waals surface area contributed by atoms with Gasteiger partial charge in [-0.3, -0.25) is 0 Å². The second kappa shape index (κ2) is 8.00. The molecule has 1 saturated carbocycles. The Labute approximate surface area is 137 Å². The maximum absolute atomic E-state index is 14.4.